The molecule has 0 bridgehead atoms. The van der Waals surface area contributed by atoms with Crippen molar-refractivity contribution in [2.45, 2.75) is 38.6 Å². The molecule has 0 aromatic heterocycles. The predicted molar refractivity (Wildman–Crippen MR) is 48.7 cm³/mol. The summed E-state index contributed by atoms with van der Waals surface area (Å²) in [5, 5.41) is 0. The van der Waals surface area contributed by atoms with Crippen LogP contribution in [0.25, 0.3) is 0 Å². The molecule has 15 heavy (non-hydrogen) atoms. The Labute approximate surface area is 87.0 Å². The van der Waals surface area contributed by atoms with E-state index in [9.17, 15) is 9.59 Å². The maximum absolute atomic E-state index is 10.8. The van der Waals surface area contributed by atoms with Gasteiger partial charge in [-0.25, -0.2) is 0 Å². The number of epoxide rings is 1. The lowest BCUT2D eigenvalue weighted by atomic mass is 10.0. The van der Waals surface area contributed by atoms with Crippen LogP contribution in [0.15, 0.2) is 11.8 Å². The smallest absolute Gasteiger partial charge is 0.307 e. The van der Waals surface area contributed by atoms with Gasteiger partial charge in [-0.2, -0.15) is 0 Å². The van der Waals surface area contributed by atoms with Crippen molar-refractivity contribution in [2.24, 2.45) is 0 Å². The molecule has 1 aliphatic carbocycles. The highest BCUT2D eigenvalue weighted by Gasteiger charge is 2.52. The molecule has 2 aliphatic rings. The molecule has 1 saturated heterocycles. The van der Waals surface area contributed by atoms with Gasteiger partial charge in [0.2, 0.25) is 0 Å². The topological polar surface area (TPSA) is 65.1 Å². The lowest BCUT2D eigenvalue weighted by Crippen LogP contribution is -2.27. The number of hydrogen-bond donors (Lipinski definition) is 0. The number of esters is 2. The van der Waals surface area contributed by atoms with Crippen LogP contribution in [-0.4, -0.2) is 30.3 Å². The molecule has 0 amide bonds. The Bertz CT molecular complexity index is 333. The summed E-state index contributed by atoms with van der Waals surface area (Å²) in [5.41, 5.74) is 0. The molecule has 0 aromatic carbocycles. The Morgan fingerprint density at radius 2 is 2.13 bits per heavy atom. The van der Waals surface area contributed by atoms with E-state index in [1.54, 1.807) is 6.08 Å². The zero-order valence-electron chi connectivity index (χ0n) is 8.56. The van der Waals surface area contributed by atoms with Gasteiger partial charge < -0.3 is 14.2 Å². The Balaban J connectivity index is 1.97. The van der Waals surface area contributed by atoms with Gasteiger partial charge in [-0.05, 0) is 6.08 Å². The second-order valence-corrected chi connectivity index (χ2v) is 3.61. The van der Waals surface area contributed by atoms with Gasteiger partial charge >= 0.3 is 11.9 Å². The Morgan fingerprint density at radius 1 is 1.40 bits per heavy atom. The van der Waals surface area contributed by atoms with Crippen LogP contribution < -0.4 is 0 Å². The van der Waals surface area contributed by atoms with Crippen molar-refractivity contribution in [2.75, 3.05) is 0 Å². The zero-order valence-corrected chi connectivity index (χ0v) is 8.56. The normalized spacial score (nSPS) is 32.4. The molecule has 0 aromatic rings. The second kappa shape index (κ2) is 3.66. The summed E-state index contributed by atoms with van der Waals surface area (Å²) in [6, 6.07) is 0. The number of carbonyl (C=O) groups excluding carboxylic acids is 2. The summed E-state index contributed by atoms with van der Waals surface area (Å²) in [6.07, 6.45) is 1.67. The lowest BCUT2D eigenvalue weighted by molar-refractivity contribution is -0.147. The molecule has 1 heterocycles. The first-order valence-corrected chi connectivity index (χ1v) is 4.79. The second-order valence-electron chi connectivity index (χ2n) is 3.61. The lowest BCUT2D eigenvalue weighted by Gasteiger charge is -2.17. The SMILES string of the molecule is CC(=O)OC1=CC[C@@H](OC(C)=O)[C@@H]2O[C@H]12. The molecule has 2 rings (SSSR count). The first-order chi connectivity index (χ1) is 7.08. The van der Waals surface area contributed by atoms with E-state index in [0.717, 1.165) is 0 Å². The maximum atomic E-state index is 10.8. The summed E-state index contributed by atoms with van der Waals surface area (Å²) < 4.78 is 15.3. The molecular formula is C10H12O5. The molecule has 0 N–H and O–H groups in total. The summed E-state index contributed by atoms with van der Waals surface area (Å²) in [6.45, 7) is 2.71. The third kappa shape index (κ3) is 2.18. The van der Waals surface area contributed by atoms with E-state index in [-0.39, 0.29) is 30.3 Å². The Hall–Kier alpha value is -1.36. The highest BCUT2D eigenvalue weighted by Crippen LogP contribution is 2.39. The third-order valence-electron chi connectivity index (χ3n) is 2.30. The van der Waals surface area contributed by atoms with Gasteiger partial charge in [-0.15, -0.1) is 0 Å². The van der Waals surface area contributed by atoms with Crippen LogP contribution in [0.4, 0.5) is 0 Å². The van der Waals surface area contributed by atoms with Crippen LogP contribution in [-0.2, 0) is 23.8 Å². The van der Waals surface area contributed by atoms with E-state index in [2.05, 4.69) is 0 Å². The molecule has 1 aliphatic heterocycles. The van der Waals surface area contributed by atoms with Gasteiger partial charge in [-0.1, -0.05) is 0 Å². The maximum Gasteiger partial charge on any atom is 0.307 e. The van der Waals surface area contributed by atoms with Gasteiger partial charge in [0.1, 0.15) is 24.1 Å². The molecule has 3 atom stereocenters. The fraction of sp³-hybridized carbons (Fsp3) is 0.600. The third-order valence-corrected chi connectivity index (χ3v) is 2.30. The molecule has 0 unspecified atom stereocenters. The van der Waals surface area contributed by atoms with Crippen LogP contribution in [0.5, 0.6) is 0 Å². The van der Waals surface area contributed by atoms with Crippen molar-refractivity contribution in [1.82, 2.24) is 0 Å². The molecule has 0 radical (unpaired) electrons. The van der Waals surface area contributed by atoms with Crippen molar-refractivity contribution in [3.05, 3.63) is 11.8 Å². The molecule has 0 saturated carbocycles. The molecular weight excluding hydrogens is 200 g/mol. The van der Waals surface area contributed by atoms with Crippen molar-refractivity contribution in [1.29, 1.82) is 0 Å². The van der Waals surface area contributed by atoms with Gasteiger partial charge in [0.25, 0.3) is 0 Å². The summed E-state index contributed by atoms with van der Waals surface area (Å²) in [7, 11) is 0. The number of hydrogen-bond acceptors (Lipinski definition) is 5. The van der Waals surface area contributed by atoms with Crippen molar-refractivity contribution >= 4 is 11.9 Å². The van der Waals surface area contributed by atoms with Crippen LogP contribution in [0.1, 0.15) is 20.3 Å². The van der Waals surface area contributed by atoms with E-state index in [4.69, 9.17) is 14.2 Å². The number of ether oxygens (including phenoxy) is 3. The number of rotatable bonds is 2. The van der Waals surface area contributed by atoms with Gasteiger partial charge in [0.15, 0.2) is 0 Å². The fourth-order valence-electron chi connectivity index (χ4n) is 1.71. The summed E-state index contributed by atoms with van der Waals surface area (Å²) in [4.78, 5) is 21.5. The molecule has 5 nitrogen and oxygen atoms in total. The molecule has 1 fully saturated rings. The zero-order chi connectivity index (χ0) is 11.0. The minimum absolute atomic E-state index is 0.145. The average molecular weight is 212 g/mol. The summed E-state index contributed by atoms with van der Waals surface area (Å²) >= 11 is 0. The van der Waals surface area contributed by atoms with Gasteiger partial charge in [-0.3, -0.25) is 9.59 Å². The van der Waals surface area contributed by atoms with E-state index in [1.165, 1.54) is 13.8 Å². The highest BCUT2D eigenvalue weighted by molar-refractivity contribution is 5.68. The van der Waals surface area contributed by atoms with Crippen LogP contribution >= 0.6 is 0 Å². The minimum Gasteiger partial charge on any atom is -0.459 e. The number of fused-ring (bicyclic) bond motifs is 1. The molecule has 5 heteroatoms. The molecule has 0 spiro atoms. The average Bonchev–Trinajstić information content (AvgIpc) is 2.87. The van der Waals surface area contributed by atoms with Gasteiger partial charge in [0, 0.05) is 20.3 Å². The Morgan fingerprint density at radius 3 is 2.73 bits per heavy atom. The van der Waals surface area contributed by atoms with Crippen LogP contribution in [0.2, 0.25) is 0 Å². The molecule has 82 valence electrons. The predicted octanol–water partition coefficient (Wildman–Crippen LogP) is 0.536. The quantitative estimate of drug-likeness (QED) is 0.493. The summed E-state index contributed by atoms with van der Waals surface area (Å²) in [5.74, 6) is -0.143. The first kappa shape index (κ1) is 10.2. The first-order valence-electron chi connectivity index (χ1n) is 4.79. The fourth-order valence-corrected chi connectivity index (χ4v) is 1.71. The van der Waals surface area contributed by atoms with Crippen molar-refractivity contribution in [3.8, 4) is 0 Å². The minimum atomic E-state index is -0.360. The van der Waals surface area contributed by atoms with E-state index < -0.39 is 0 Å². The monoisotopic (exact) mass is 212 g/mol. The van der Waals surface area contributed by atoms with E-state index >= 15 is 0 Å². The van der Waals surface area contributed by atoms with Crippen LogP contribution in [0, 0.1) is 0 Å². The standard InChI is InChI=1S/C10H12O5/c1-5(11)13-7-3-4-8(14-6(2)12)10-9(7)15-10/h3,8-10H,4H2,1-2H3/t8-,9-,10+/m1/s1. The van der Waals surface area contributed by atoms with E-state index in [0.29, 0.717) is 12.2 Å². The largest absolute Gasteiger partial charge is 0.459 e. The van der Waals surface area contributed by atoms with Crippen LogP contribution in [0.3, 0.4) is 0 Å². The van der Waals surface area contributed by atoms with Crippen molar-refractivity contribution in [3.63, 3.8) is 0 Å². The Kier molecular flexibility index (Phi) is 2.48. The number of carbonyl (C=O) groups is 2. The van der Waals surface area contributed by atoms with Crippen molar-refractivity contribution < 1.29 is 23.8 Å². The van der Waals surface area contributed by atoms with Gasteiger partial charge in [0.05, 0.1) is 0 Å². The van der Waals surface area contributed by atoms with E-state index in [1.807, 2.05) is 0 Å². The highest BCUT2D eigenvalue weighted by atomic mass is 16.7.